The number of benzene rings is 3. The van der Waals surface area contributed by atoms with Gasteiger partial charge in [-0.2, -0.15) is 13.2 Å². The number of halogens is 3. The van der Waals surface area contributed by atoms with Crippen molar-refractivity contribution in [2.45, 2.75) is 6.18 Å². The molecular weight excluding hydrogens is 463 g/mol. The quantitative estimate of drug-likeness (QED) is 0.314. The van der Waals surface area contributed by atoms with E-state index < -0.39 is 29.6 Å². The van der Waals surface area contributed by atoms with Gasteiger partial charge in [0, 0.05) is 34.0 Å². The molecule has 4 aromatic rings. The number of anilines is 1. The molecule has 1 heterocycles. The van der Waals surface area contributed by atoms with E-state index in [1.54, 1.807) is 41.7 Å². The van der Waals surface area contributed by atoms with Crippen molar-refractivity contribution in [2.75, 3.05) is 5.32 Å². The predicted molar refractivity (Wildman–Crippen MR) is 122 cm³/mol. The first-order valence-electron chi connectivity index (χ1n) is 10.1. The van der Waals surface area contributed by atoms with Gasteiger partial charge in [-0.1, -0.05) is 54.6 Å². The summed E-state index contributed by atoms with van der Waals surface area (Å²) in [6.45, 7) is 0. The van der Waals surface area contributed by atoms with Crippen molar-refractivity contribution < 1.29 is 32.7 Å². The zero-order valence-electron chi connectivity index (χ0n) is 17.8. The van der Waals surface area contributed by atoms with E-state index in [2.05, 4.69) is 10.3 Å². The lowest BCUT2D eigenvalue weighted by Gasteiger charge is -2.16. The number of hydrogen-bond donors (Lipinski definition) is 3. The third-order valence-electron chi connectivity index (χ3n) is 5.11. The minimum Gasteiger partial charge on any atom is -0.465 e. The number of hydrogen-bond acceptors (Lipinski definition) is 4. The van der Waals surface area contributed by atoms with Gasteiger partial charge >= 0.3 is 18.3 Å². The van der Waals surface area contributed by atoms with Gasteiger partial charge in [0.25, 0.3) is 0 Å². The number of urea groups is 1. The average Bonchev–Trinajstić information content (AvgIpc) is 2.82. The van der Waals surface area contributed by atoms with Crippen molar-refractivity contribution in [3.63, 3.8) is 0 Å². The van der Waals surface area contributed by atoms with Gasteiger partial charge in [0.1, 0.15) is 0 Å². The fourth-order valence-corrected chi connectivity index (χ4v) is 3.69. The first kappa shape index (κ1) is 23.4. The highest BCUT2D eigenvalue weighted by Gasteiger charge is 2.34. The highest BCUT2D eigenvalue weighted by molar-refractivity contribution is 6.17. The minimum absolute atomic E-state index is 0.0650. The molecule has 10 heteroatoms. The number of fused-ring (bicyclic) bond motifs is 1. The van der Waals surface area contributed by atoms with E-state index in [1.165, 1.54) is 30.3 Å². The molecule has 0 aliphatic heterocycles. The molecule has 0 fully saturated rings. The molecule has 0 saturated carbocycles. The van der Waals surface area contributed by atoms with Crippen LogP contribution in [0, 0.1) is 0 Å². The average molecular weight is 479 g/mol. The number of carbonyl (C=O) groups excluding carboxylic acids is 2. The number of pyridine rings is 1. The molecule has 0 aliphatic rings. The monoisotopic (exact) mass is 479 g/mol. The van der Waals surface area contributed by atoms with Crippen LogP contribution >= 0.6 is 0 Å². The first-order valence-corrected chi connectivity index (χ1v) is 10.1. The maximum Gasteiger partial charge on any atom is 0.418 e. The molecule has 7 nitrogen and oxygen atoms in total. The van der Waals surface area contributed by atoms with Crippen molar-refractivity contribution in [3.8, 4) is 11.1 Å². The van der Waals surface area contributed by atoms with Crippen molar-refractivity contribution in [1.82, 2.24) is 10.3 Å². The zero-order valence-corrected chi connectivity index (χ0v) is 17.8. The molecule has 3 N–H and O–H groups in total. The van der Waals surface area contributed by atoms with Crippen LogP contribution < -0.4 is 10.6 Å². The molecule has 1 aromatic heterocycles. The SMILES string of the molecule is O=C(O)NC(=O)Nc1cccc(-c2c(C(=O)c3ccccc3)cnc3c(C(F)(F)F)cccc23)c1. The Bertz CT molecular complexity index is 1450. The molecule has 4 rings (SSSR count). The number of aromatic nitrogens is 1. The Morgan fingerprint density at radius 2 is 1.60 bits per heavy atom. The van der Waals surface area contributed by atoms with Crippen LogP contribution in [-0.2, 0) is 6.18 Å². The third kappa shape index (κ3) is 4.96. The molecule has 0 radical (unpaired) electrons. The fourth-order valence-electron chi connectivity index (χ4n) is 3.69. The van der Waals surface area contributed by atoms with Crippen LogP contribution in [0.5, 0.6) is 0 Å². The number of carbonyl (C=O) groups is 3. The number of para-hydroxylation sites is 1. The second-order valence-electron chi connectivity index (χ2n) is 7.41. The van der Waals surface area contributed by atoms with Gasteiger partial charge in [0.05, 0.1) is 11.1 Å². The molecule has 0 bridgehead atoms. The van der Waals surface area contributed by atoms with Gasteiger partial charge in [0.15, 0.2) is 5.78 Å². The zero-order chi connectivity index (χ0) is 25.2. The lowest BCUT2D eigenvalue weighted by Crippen LogP contribution is -2.32. The van der Waals surface area contributed by atoms with Crippen LogP contribution in [0.2, 0.25) is 0 Å². The van der Waals surface area contributed by atoms with Gasteiger partial charge < -0.3 is 10.4 Å². The molecule has 0 atom stereocenters. The van der Waals surface area contributed by atoms with Gasteiger partial charge in [-0.3, -0.25) is 9.78 Å². The van der Waals surface area contributed by atoms with Crippen LogP contribution in [0.4, 0.5) is 28.4 Å². The predicted octanol–water partition coefficient (Wildman–Crippen LogP) is 5.95. The number of carboxylic acid groups (broad SMARTS) is 1. The van der Waals surface area contributed by atoms with Gasteiger partial charge in [-0.05, 0) is 23.8 Å². The Kier molecular flexibility index (Phi) is 6.20. The maximum absolute atomic E-state index is 13.7. The Morgan fingerprint density at radius 3 is 2.29 bits per heavy atom. The van der Waals surface area contributed by atoms with E-state index in [0.29, 0.717) is 11.1 Å². The molecule has 3 amide bonds. The summed E-state index contributed by atoms with van der Waals surface area (Å²) < 4.78 is 41.0. The summed E-state index contributed by atoms with van der Waals surface area (Å²) in [6.07, 6.45) is -5.12. The number of ketones is 1. The Balaban J connectivity index is 1.94. The van der Waals surface area contributed by atoms with E-state index in [9.17, 15) is 27.6 Å². The van der Waals surface area contributed by atoms with Gasteiger partial charge in [-0.15, -0.1) is 0 Å². The Hall–Kier alpha value is -4.73. The van der Waals surface area contributed by atoms with E-state index in [0.717, 1.165) is 12.3 Å². The van der Waals surface area contributed by atoms with E-state index in [4.69, 9.17) is 5.11 Å². The first-order chi connectivity index (χ1) is 16.6. The van der Waals surface area contributed by atoms with Gasteiger partial charge in [0.2, 0.25) is 0 Å². The fraction of sp³-hybridized carbons (Fsp3) is 0.0400. The lowest BCUT2D eigenvalue weighted by molar-refractivity contribution is -0.136. The van der Waals surface area contributed by atoms with Crippen molar-refractivity contribution >= 4 is 34.5 Å². The molecule has 3 aromatic carbocycles. The molecule has 35 heavy (non-hydrogen) atoms. The smallest absolute Gasteiger partial charge is 0.418 e. The largest absolute Gasteiger partial charge is 0.465 e. The molecule has 0 spiro atoms. The lowest BCUT2D eigenvalue weighted by atomic mass is 9.91. The van der Waals surface area contributed by atoms with Crippen molar-refractivity contribution in [3.05, 3.63) is 95.7 Å². The maximum atomic E-state index is 13.7. The van der Waals surface area contributed by atoms with E-state index in [-0.39, 0.29) is 27.7 Å². The van der Waals surface area contributed by atoms with E-state index >= 15 is 0 Å². The van der Waals surface area contributed by atoms with Crippen LogP contribution in [0.25, 0.3) is 22.0 Å². The second kappa shape index (κ2) is 9.26. The molecule has 0 saturated heterocycles. The summed E-state index contributed by atoms with van der Waals surface area (Å²) >= 11 is 0. The summed E-state index contributed by atoms with van der Waals surface area (Å²) in [5.41, 5.74) is -0.225. The number of alkyl halides is 3. The van der Waals surface area contributed by atoms with Crippen molar-refractivity contribution in [2.24, 2.45) is 0 Å². The number of nitrogens with zero attached hydrogens (tertiary/aromatic N) is 1. The Labute approximate surface area is 196 Å². The third-order valence-corrected chi connectivity index (χ3v) is 5.11. The van der Waals surface area contributed by atoms with Crippen LogP contribution in [0.15, 0.2) is 79.0 Å². The second-order valence-corrected chi connectivity index (χ2v) is 7.41. The molecular formula is C25H16F3N3O4. The summed E-state index contributed by atoms with van der Waals surface area (Å²) in [5.74, 6) is -0.450. The topological polar surface area (TPSA) is 108 Å². The molecule has 176 valence electrons. The van der Waals surface area contributed by atoms with Gasteiger partial charge in [-0.25, -0.2) is 14.9 Å². The Morgan fingerprint density at radius 1 is 0.886 bits per heavy atom. The normalized spacial score (nSPS) is 11.2. The number of amides is 3. The number of imide groups is 1. The van der Waals surface area contributed by atoms with Crippen LogP contribution in [0.3, 0.4) is 0 Å². The highest BCUT2D eigenvalue weighted by Crippen LogP contribution is 2.39. The minimum atomic E-state index is -4.67. The highest BCUT2D eigenvalue weighted by atomic mass is 19.4. The van der Waals surface area contributed by atoms with Crippen LogP contribution in [0.1, 0.15) is 21.5 Å². The standard InChI is InChI=1S/C25H16F3N3O4/c26-25(27,28)19-11-5-10-17-20(15-8-4-9-16(12-15)30-23(33)31-24(34)35)18(13-29-21(17)19)22(32)14-6-2-1-3-7-14/h1-13H,(H,34,35)(H2,30,31,33). The summed E-state index contributed by atoms with van der Waals surface area (Å²) in [6, 6.07) is 16.7. The van der Waals surface area contributed by atoms with Crippen LogP contribution in [-0.4, -0.2) is 28.0 Å². The van der Waals surface area contributed by atoms with E-state index in [1.807, 2.05) is 0 Å². The summed E-state index contributed by atoms with van der Waals surface area (Å²) in [4.78, 5) is 39.8. The summed E-state index contributed by atoms with van der Waals surface area (Å²) in [7, 11) is 0. The summed E-state index contributed by atoms with van der Waals surface area (Å²) in [5, 5.41) is 12.8. The molecule has 0 unspecified atom stereocenters. The molecule has 0 aliphatic carbocycles. The van der Waals surface area contributed by atoms with Crippen molar-refractivity contribution in [1.29, 1.82) is 0 Å². The number of rotatable bonds is 4. The number of nitrogens with one attached hydrogen (secondary N) is 2.